The molecule has 11 heteroatoms. The Bertz CT molecular complexity index is 1120. The van der Waals surface area contributed by atoms with Gasteiger partial charge in [-0.3, -0.25) is 24.4 Å². The Morgan fingerprint density at radius 1 is 1.42 bits per heavy atom. The molecule has 1 aliphatic heterocycles. The minimum atomic E-state index is -0.917. The lowest BCUT2D eigenvalue weighted by Gasteiger charge is -2.33. The molecule has 31 heavy (non-hydrogen) atoms. The van der Waals surface area contributed by atoms with E-state index in [4.69, 9.17) is 0 Å². The van der Waals surface area contributed by atoms with E-state index < -0.39 is 23.4 Å². The third-order valence-corrected chi connectivity index (χ3v) is 7.57. The molecule has 9 nitrogen and oxygen atoms in total. The zero-order valence-electron chi connectivity index (χ0n) is 17.1. The van der Waals surface area contributed by atoms with Crippen molar-refractivity contribution < 1.29 is 14.4 Å². The van der Waals surface area contributed by atoms with E-state index in [1.54, 1.807) is 17.5 Å². The Labute approximate surface area is 186 Å². The van der Waals surface area contributed by atoms with E-state index >= 15 is 0 Å². The predicted molar refractivity (Wildman–Crippen MR) is 119 cm³/mol. The highest BCUT2D eigenvalue weighted by molar-refractivity contribution is 7.99. The molecule has 2 aromatic heterocycles. The zero-order chi connectivity index (χ0) is 22.2. The van der Waals surface area contributed by atoms with Crippen molar-refractivity contribution in [3.8, 4) is 0 Å². The number of amides is 4. The molecular weight excluding hydrogens is 438 g/mol. The van der Waals surface area contributed by atoms with Gasteiger partial charge in [0.1, 0.15) is 10.2 Å². The molecular formula is C20H23N5O4S2. The number of allylic oxidation sites excluding steroid dienone is 1. The van der Waals surface area contributed by atoms with Crippen LogP contribution in [0.4, 0.5) is 4.79 Å². The number of nitrogens with zero attached hydrogens (tertiary/aromatic N) is 3. The van der Waals surface area contributed by atoms with Gasteiger partial charge in [-0.25, -0.2) is 9.78 Å². The minimum absolute atomic E-state index is 0.111. The Morgan fingerprint density at radius 2 is 2.16 bits per heavy atom. The highest BCUT2D eigenvalue weighted by atomic mass is 32.2. The fraction of sp³-hybridized carbons (Fsp3) is 0.450. The number of hydrogen-bond donors (Lipinski definition) is 2. The second-order valence-corrected chi connectivity index (χ2v) is 9.75. The van der Waals surface area contributed by atoms with E-state index in [1.165, 1.54) is 15.9 Å². The topological polar surface area (TPSA) is 113 Å². The van der Waals surface area contributed by atoms with Crippen LogP contribution in [0.3, 0.4) is 0 Å². The number of carbonyl (C=O) groups excluding carboxylic acids is 3. The largest absolute Gasteiger partial charge is 0.344 e. The summed E-state index contributed by atoms with van der Waals surface area (Å²) in [6, 6.07) is 1.14. The lowest BCUT2D eigenvalue weighted by Crippen LogP contribution is -2.51. The number of carbonyl (C=O) groups is 3. The highest BCUT2D eigenvalue weighted by Crippen LogP contribution is 2.35. The van der Waals surface area contributed by atoms with E-state index in [9.17, 15) is 19.2 Å². The van der Waals surface area contributed by atoms with Crippen molar-refractivity contribution >= 4 is 51.2 Å². The first-order valence-corrected chi connectivity index (χ1v) is 11.9. The monoisotopic (exact) mass is 461 g/mol. The molecule has 2 aromatic rings. The molecule has 0 unspecified atom stereocenters. The summed E-state index contributed by atoms with van der Waals surface area (Å²) in [4.78, 5) is 54.9. The number of aromatic nitrogens is 2. The maximum atomic E-state index is 12.9. The molecule has 4 rings (SSSR count). The Balaban J connectivity index is 1.45. The van der Waals surface area contributed by atoms with E-state index in [2.05, 4.69) is 29.2 Å². The SMILES string of the molecule is C=CCn1c(SCC(=O)NN2C(=O)NC3(CCC(C)CC3)C2=O)nc2ccsc2c1=O. The Hall–Kier alpha value is -2.66. The minimum Gasteiger partial charge on any atom is -0.322 e. The zero-order valence-corrected chi connectivity index (χ0v) is 18.7. The third kappa shape index (κ3) is 3.99. The molecule has 0 atom stereocenters. The van der Waals surface area contributed by atoms with Gasteiger partial charge in [0.25, 0.3) is 11.5 Å². The van der Waals surface area contributed by atoms with Gasteiger partial charge in [-0.2, -0.15) is 5.01 Å². The van der Waals surface area contributed by atoms with Crippen LogP contribution < -0.4 is 16.3 Å². The fourth-order valence-corrected chi connectivity index (χ4v) is 5.51. The molecule has 164 valence electrons. The van der Waals surface area contributed by atoms with Crippen LogP contribution in [0.5, 0.6) is 0 Å². The van der Waals surface area contributed by atoms with Crippen LogP contribution in [0, 0.1) is 5.92 Å². The highest BCUT2D eigenvalue weighted by Gasteiger charge is 2.52. The number of fused-ring (bicyclic) bond motifs is 1. The van der Waals surface area contributed by atoms with Crippen LogP contribution in [0.2, 0.25) is 0 Å². The summed E-state index contributed by atoms with van der Waals surface area (Å²) < 4.78 is 2.00. The molecule has 3 heterocycles. The van der Waals surface area contributed by atoms with E-state index in [-0.39, 0.29) is 17.9 Å². The number of nitrogens with one attached hydrogen (secondary N) is 2. The molecule has 4 amide bonds. The molecule has 2 aliphatic rings. The Kier molecular flexibility index (Phi) is 5.89. The molecule has 0 bridgehead atoms. The number of urea groups is 1. The number of rotatable bonds is 6. The number of thioether (sulfide) groups is 1. The van der Waals surface area contributed by atoms with Crippen molar-refractivity contribution in [3.63, 3.8) is 0 Å². The molecule has 0 radical (unpaired) electrons. The van der Waals surface area contributed by atoms with E-state index in [0.717, 1.165) is 29.6 Å². The first-order valence-electron chi connectivity index (χ1n) is 10.0. The first kappa shape index (κ1) is 21.6. The van der Waals surface area contributed by atoms with Gasteiger partial charge >= 0.3 is 6.03 Å². The maximum Gasteiger partial charge on any atom is 0.344 e. The summed E-state index contributed by atoms with van der Waals surface area (Å²) >= 11 is 2.38. The lowest BCUT2D eigenvalue weighted by molar-refractivity contribution is -0.139. The summed E-state index contributed by atoms with van der Waals surface area (Å²) in [5, 5.41) is 5.72. The van der Waals surface area contributed by atoms with Crippen molar-refractivity contribution in [1.29, 1.82) is 0 Å². The summed E-state index contributed by atoms with van der Waals surface area (Å²) in [5.74, 6) is -0.541. The van der Waals surface area contributed by atoms with Gasteiger partial charge in [0.2, 0.25) is 5.91 Å². The van der Waals surface area contributed by atoms with Crippen LogP contribution in [0.1, 0.15) is 32.6 Å². The molecule has 2 N–H and O–H groups in total. The molecule has 1 saturated heterocycles. The second kappa shape index (κ2) is 8.46. The van der Waals surface area contributed by atoms with Crippen LogP contribution in [0.15, 0.2) is 34.1 Å². The third-order valence-electron chi connectivity index (χ3n) is 5.70. The summed E-state index contributed by atoms with van der Waals surface area (Å²) in [6.45, 7) is 6.06. The quantitative estimate of drug-likeness (QED) is 0.295. The molecule has 2 fully saturated rings. The average molecular weight is 462 g/mol. The van der Waals surface area contributed by atoms with Crippen LogP contribution in [0.25, 0.3) is 10.2 Å². The molecule has 1 spiro atoms. The van der Waals surface area contributed by atoms with Crippen molar-refractivity contribution in [1.82, 2.24) is 25.3 Å². The van der Waals surface area contributed by atoms with Crippen molar-refractivity contribution in [3.05, 3.63) is 34.5 Å². The first-order chi connectivity index (χ1) is 14.8. The van der Waals surface area contributed by atoms with Gasteiger partial charge in [0.05, 0.1) is 11.3 Å². The number of imide groups is 1. The van der Waals surface area contributed by atoms with Crippen molar-refractivity contribution in [2.45, 2.75) is 49.8 Å². The molecule has 1 saturated carbocycles. The predicted octanol–water partition coefficient (Wildman–Crippen LogP) is 2.27. The normalized spacial score (nSPS) is 23.4. The smallest absolute Gasteiger partial charge is 0.322 e. The van der Waals surface area contributed by atoms with Crippen molar-refractivity contribution in [2.75, 3.05) is 5.75 Å². The Morgan fingerprint density at radius 3 is 2.87 bits per heavy atom. The van der Waals surface area contributed by atoms with Crippen molar-refractivity contribution in [2.24, 2.45) is 5.92 Å². The number of hydrogen-bond acceptors (Lipinski definition) is 7. The van der Waals surface area contributed by atoms with Gasteiger partial charge in [-0.05, 0) is 43.0 Å². The summed E-state index contributed by atoms with van der Waals surface area (Å²) in [5.41, 5.74) is 1.87. The lowest BCUT2D eigenvalue weighted by atomic mass is 9.77. The van der Waals surface area contributed by atoms with Gasteiger partial charge in [-0.1, -0.05) is 24.8 Å². The van der Waals surface area contributed by atoms with Gasteiger partial charge in [-0.15, -0.1) is 17.9 Å². The second-order valence-electron chi connectivity index (χ2n) is 7.89. The fourth-order valence-electron chi connectivity index (χ4n) is 3.93. The van der Waals surface area contributed by atoms with Gasteiger partial charge < -0.3 is 5.32 Å². The number of hydrazine groups is 1. The van der Waals surface area contributed by atoms with Gasteiger partial charge in [0.15, 0.2) is 5.16 Å². The van der Waals surface area contributed by atoms with E-state index in [1.807, 2.05) is 0 Å². The van der Waals surface area contributed by atoms with Crippen LogP contribution in [-0.4, -0.2) is 43.7 Å². The van der Waals surface area contributed by atoms with Gasteiger partial charge in [0, 0.05) is 6.54 Å². The van der Waals surface area contributed by atoms with Crippen LogP contribution >= 0.6 is 23.1 Å². The average Bonchev–Trinajstić information content (AvgIpc) is 3.30. The molecule has 1 aliphatic carbocycles. The summed E-state index contributed by atoms with van der Waals surface area (Å²) in [7, 11) is 0. The van der Waals surface area contributed by atoms with E-state index in [0.29, 0.717) is 34.1 Å². The summed E-state index contributed by atoms with van der Waals surface area (Å²) in [6.07, 6.45) is 4.42. The van der Waals surface area contributed by atoms with Crippen LogP contribution in [-0.2, 0) is 16.1 Å². The standard InChI is InChI=1S/C20H23N5O4S2/c1-3-9-24-16(27)15-13(6-10-30-15)21-19(24)31-11-14(26)23-25-17(28)20(22-18(25)29)7-4-12(2)5-8-20/h3,6,10,12H,1,4-5,7-9,11H2,2H3,(H,22,29)(H,23,26). The molecule has 0 aromatic carbocycles. The number of thiophene rings is 1. The maximum absolute atomic E-state index is 12.9.